The van der Waals surface area contributed by atoms with Crippen molar-refractivity contribution in [2.75, 3.05) is 13.2 Å². The van der Waals surface area contributed by atoms with Gasteiger partial charge in [-0.05, 0) is 67.3 Å². The Morgan fingerprint density at radius 2 is 1.94 bits per heavy atom. The molecule has 0 aromatic rings. The van der Waals surface area contributed by atoms with Crippen molar-refractivity contribution in [1.29, 1.82) is 0 Å². The van der Waals surface area contributed by atoms with E-state index < -0.39 is 30.0 Å². The Morgan fingerprint density at radius 3 is 2.62 bits per heavy atom. The van der Waals surface area contributed by atoms with Crippen LogP contribution in [0.4, 0.5) is 0 Å². The van der Waals surface area contributed by atoms with Gasteiger partial charge in [-0.2, -0.15) is 0 Å². The van der Waals surface area contributed by atoms with Crippen LogP contribution in [0, 0.1) is 28.1 Å². The van der Waals surface area contributed by atoms with Crippen molar-refractivity contribution in [3.8, 4) is 0 Å². The van der Waals surface area contributed by atoms with Gasteiger partial charge in [-0.15, -0.1) is 6.58 Å². The molecular formula is C26H40O6. The van der Waals surface area contributed by atoms with Crippen molar-refractivity contribution in [3.05, 3.63) is 36.1 Å². The highest BCUT2D eigenvalue weighted by atomic mass is 16.7. The van der Waals surface area contributed by atoms with Crippen LogP contribution < -0.4 is 0 Å². The van der Waals surface area contributed by atoms with Gasteiger partial charge in [0.15, 0.2) is 0 Å². The molecule has 0 aromatic heterocycles. The highest BCUT2D eigenvalue weighted by Crippen LogP contribution is 2.63. The van der Waals surface area contributed by atoms with Gasteiger partial charge in [0.2, 0.25) is 6.29 Å². The zero-order chi connectivity index (χ0) is 23.3. The van der Waals surface area contributed by atoms with E-state index in [1.54, 1.807) is 5.57 Å². The van der Waals surface area contributed by atoms with Gasteiger partial charge in [0.1, 0.15) is 24.6 Å². The minimum Gasteiger partial charge on any atom is -0.464 e. The van der Waals surface area contributed by atoms with Gasteiger partial charge in [-0.25, -0.2) is 0 Å². The van der Waals surface area contributed by atoms with E-state index in [9.17, 15) is 20.4 Å². The Bertz CT molecular complexity index is 791. The van der Waals surface area contributed by atoms with Crippen LogP contribution in [0.2, 0.25) is 0 Å². The maximum absolute atomic E-state index is 11.1. The van der Waals surface area contributed by atoms with Crippen molar-refractivity contribution < 1.29 is 29.9 Å². The first-order chi connectivity index (χ1) is 15.1. The topological polar surface area (TPSA) is 99.4 Å². The van der Waals surface area contributed by atoms with Crippen LogP contribution in [0.25, 0.3) is 0 Å². The molecule has 1 aliphatic heterocycles. The zero-order valence-corrected chi connectivity index (χ0v) is 19.7. The fourth-order valence-electron chi connectivity index (χ4n) is 7.03. The SMILES string of the molecule is C=CC1(C)CCC2C(=CCC3C(C)(COC4OC(CO)=CC(O)C4O)C(O)CCC23C)C1. The monoisotopic (exact) mass is 448 g/mol. The summed E-state index contributed by atoms with van der Waals surface area (Å²) in [6.07, 6.45) is 7.74. The average Bonchev–Trinajstić information content (AvgIpc) is 2.77. The number of hydrogen-bond donors (Lipinski definition) is 4. The molecule has 0 amide bonds. The normalized spacial score (nSPS) is 48.6. The Kier molecular flexibility index (Phi) is 6.40. The van der Waals surface area contributed by atoms with Gasteiger partial charge in [0.05, 0.1) is 12.7 Å². The molecule has 9 unspecified atom stereocenters. The molecule has 4 rings (SSSR count). The third-order valence-corrected chi connectivity index (χ3v) is 9.24. The molecule has 2 fully saturated rings. The predicted octanol–water partition coefficient (Wildman–Crippen LogP) is 3.06. The van der Waals surface area contributed by atoms with Crippen molar-refractivity contribution in [2.24, 2.45) is 28.1 Å². The summed E-state index contributed by atoms with van der Waals surface area (Å²) < 4.78 is 11.6. The fourth-order valence-corrected chi connectivity index (χ4v) is 7.03. The molecule has 4 aliphatic rings. The minimum atomic E-state index is -1.24. The van der Waals surface area contributed by atoms with E-state index in [1.165, 1.54) is 6.08 Å². The first-order valence-electron chi connectivity index (χ1n) is 12.0. The maximum atomic E-state index is 11.1. The summed E-state index contributed by atoms with van der Waals surface area (Å²) in [5.74, 6) is 0.923. The largest absolute Gasteiger partial charge is 0.464 e. The molecule has 3 aliphatic carbocycles. The van der Waals surface area contributed by atoms with E-state index in [-0.39, 0.29) is 35.7 Å². The second kappa shape index (κ2) is 8.55. The number of hydrogen-bond acceptors (Lipinski definition) is 6. The van der Waals surface area contributed by atoms with Crippen LogP contribution in [0.15, 0.2) is 36.1 Å². The van der Waals surface area contributed by atoms with Crippen LogP contribution in [0.5, 0.6) is 0 Å². The predicted molar refractivity (Wildman–Crippen MR) is 121 cm³/mol. The van der Waals surface area contributed by atoms with E-state index in [2.05, 4.69) is 39.5 Å². The van der Waals surface area contributed by atoms with Gasteiger partial charge in [0.25, 0.3) is 0 Å². The molecule has 6 heteroatoms. The lowest BCUT2D eigenvalue weighted by molar-refractivity contribution is -0.240. The molecule has 0 bridgehead atoms. The molecule has 0 spiro atoms. The van der Waals surface area contributed by atoms with E-state index in [0.29, 0.717) is 12.3 Å². The van der Waals surface area contributed by atoms with Crippen LogP contribution in [0.3, 0.4) is 0 Å². The third kappa shape index (κ3) is 3.88. The molecule has 1 heterocycles. The van der Waals surface area contributed by atoms with E-state index in [1.807, 2.05) is 0 Å². The molecule has 0 aromatic carbocycles. The molecule has 4 N–H and O–H groups in total. The summed E-state index contributed by atoms with van der Waals surface area (Å²) in [4.78, 5) is 0. The third-order valence-electron chi connectivity index (χ3n) is 9.24. The Balaban J connectivity index is 1.55. The second-order valence-electron chi connectivity index (χ2n) is 11.3. The molecule has 0 saturated heterocycles. The molecule has 0 radical (unpaired) electrons. The summed E-state index contributed by atoms with van der Waals surface area (Å²) in [6.45, 7) is 10.7. The second-order valence-corrected chi connectivity index (χ2v) is 11.3. The van der Waals surface area contributed by atoms with Crippen molar-refractivity contribution in [1.82, 2.24) is 0 Å². The standard InChI is InChI=1S/C26H40O6/c1-5-24(2)10-8-18-16(13-24)6-7-20-25(18,3)11-9-21(29)26(20,4)15-31-23-22(30)19(28)12-17(14-27)32-23/h5-6,12,18-23,27-30H,1,7-11,13-15H2,2-4H3. The quantitative estimate of drug-likeness (QED) is 0.483. The fraction of sp³-hybridized carbons (Fsp3) is 0.769. The number of ether oxygens (including phenoxy) is 2. The van der Waals surface area contributed by atoms with Gasteiger partial charge in [-0.1, -0.05) is 38.5 Å². The first kappa shape index (κ1) is 24.0. The molecule has 2 saturated carbocycles. The first-order valence-corrected chi connectivity index (χ1v) is 12.0. The number of rotatable bonds is 5. The summed E-state index contributed by atoms with van der Waals surface area (Å²) in [5, 5.41) is 40.9. The van der Waals surface area contributed by atoms with E-state index in [4.69, 9.17) is 9.47 Å². The summed E-state index contributed by atoms with van der Waals surface area (Å²) in [6, 6.07) is 0. The lowest BCUT2D eigenvalue weighted by Crippen LogP contribution is -2.58. The zero-order valence-electron chi connectivity index (χ0n) is 19.7. The number of allylic oxidation sites excluding steroid dienone is 3. The molecule has 6 nitrogen and oxygen atoms in total. The Morgan fingerprint density at radius 1 is 1.19 bits per heavy atom. The van der Waals surface area contributed by atoms with Gasteiger partial charge < -0.3 is 29.9 Å². The van der Waals surface area contributed by atoms with Crippen molar-refractivity contribution >= 4 is 0 Å². The van der Waals surface area contributed by atoms with Crippen LogP contribution in [-0.2, 0) is 9.47 Å². The summed E-state index contributed by atoms with van der Waals surface area (Å²) in [7, 11) is 0. The number of aliphatic hydroxyl groups is 4. The molecule has 180 valence electrons. The van der Waals surface area contributed by atoms with Crippen LogP contribution in [0.1, 0.15) is 59.3 Å². The molecule has 32 heavy (non-hydrogen) atoms. The van der Waals surface area contributed by atoms with Crippen LogP contribution >= 0.6 is 0 Å². The minimum absolute atomic E-state index is 0.0750. The highest BCUT2D eigenvalue weighted by Gasteiger charge is 2.58. The Labute approximate surface area is 191 Å². The average molecular weight is 449 g/mol. The number of aliphatic hydroxyl groups excluding tert-OH is 4. The Hall–Kier alpha value is -1.18. The van der Waals surface area contributed by atoms with Gasteiger partial charge in [0, 0.05) is 5.41 Å². The van der Waals surface area contributed by atoms with Crippen molar-refractivity contribution in [3.63, 3.8) is 0 Å². The van der Waals surface area contributed by atoms with E-state index >= 15 is 0 Å². The smallest absolute Gasteiger partial charge is 0.228 e. The molecular weight excluding hydrogens is 408 g/mol. The summed E-state index contributed by atoms with van der Waals surface area (Å²) in [5.41, 5.74) is 1.28. The highest BCUT2D eigenvalue weighted by molar-refractivity contribution is 5.25. The van der Waals surface area contributed by atoms with Gasteiger partial charge in [-0.3, -0.25) is 0 Å². The number of fused-ring (bicyclic) bond motifs is 3. The molecule has 9 atom stereocenters. The van der Waals surface area contributed by atoms with Gasteiger partial charge >= 0.3 is 0 Å². The van der Waals surface area contributed by atoms with E-state index in [0.717, 1.165) is 32.1 Å². The lowest BCUT2D eigenvalue weighted by atomic mass is 9.45. The maximum Gasteiger partial charge on any atom is 0.228 e. The van der Waals surface area contributed by atoms with Crippen molar-refractivity contribution in [2.45, 2.75) is 83.9 Å². The summed E-state index contributed by atoms with van der Waals surface area (Å²) >= 11 is 0. The lowest BCUT2D eigenvalue weighted by Gasteiger charge is -2.61. The van der Waals surface area contributed by atoms with Crippen LogP contribution in [-0.4, -0.2) is 58.2 Å².